The van der Waals surface area contributed by atoms with E-state index in [0.717, 1.165) is 0 Å². The van der Waals surface area contributed by atoms with E-state index in [0.29, 0.717) is 11.1 Å². The first-order valence-electron chi connectivity index (χ1n) is 9.42. The summed E-state index contributed by atoms with van der Waals surface area (Å²) in [5.41, 5.74) is 0.380. The second-order valence-corrected chi connectivity index (χ2v) is 8.88. The van der Waals surface area contributed by atoms with Crippen LogP contribution in [-0.2, 0) is 9.53 Å². The normalized spacial score (nSPS) is 15.3. The number of halogens is 2. The standard InChI is InChI=1S/C21H23Cl2N3O4/c1-21(2,3)30-20(29)26-10-13(11-26)19(28)25-18(12-6-8-24-9-7-12)16-15(27)5-4-14(22)17(16)23/h4-9,13,18,27H,10-11H2,1-3H3,(H,25,28). The van der Waals surface area contributed by atoms with Crippen LogP contribution in [0.2, 0.25) is 10.0 Å². The Balaban J connectivity index is 1.77. The molecule has 9 heteroatoms. The van der Waals surface area contributed by atoms with Gasteiger partial charge in [-0.15, -0.1) is 0 Å². The highest BCUT2D eigenvalue weighted by Gasteiger charge is 2.39. The molecule has 2 amide bonds. The second kappa shape index (κ2) is 8.70. The van der Waals surface area contributed by atoms with Crippen LogP contribution in [-0.4, -0.2) is 45.7 Å². The zero-order valence-corrected chi connectivity index (χ0v) is 18.4. The predicted octanol–water partition coefficient (Wildman–Crippen LogP) is 4.17. The molecule has 2 heterocycles. The average Bonchev–Trinajstić information content (AvgIpc) is 2.62. The van der Waals surface area contributed by atoms with Crippen molar-refractivity contribution in [2.75, 3.05) is 13.1 Å². The van der Waals surface area contributed by atoms with E-state index < -0.39 is 23.7 Å². The van der Waals surface area contributed by atoms with Crippen LogP contribution >= 0.6 is 23.2 Å². The third kappa shape index (κ3) is 4.96. The van der Waals surface area contributed by atoms with Crippen molar-refractivity contribution >= 4 is 35.2 Å². The highest BCUT2D eigenvalue weighted by molar-refractivity contribution is 6.42. The molecular weight excluding hydrogens is 429 g/mol. The maximum absolute atomic E-state index is 12.9. The first kappa shape index (κ1) is 22.2. The number of likely N-dealkylation sites (tertiary alicyclic amines) is 1. The lowest BCUT2D eigenvalue weighted by atomic mass is 9.95. The number of nitrogens with zero attached hydrogens (tertiary/aromatic N) is 2. The molecule has 0 radical (unpaired) electrons. The van der Waals surface area contributed by atoms with Gasteiger partial charge in [0.2, 0.25) is 5.91 Å². The van der Waals surface area contributed by atoms with Crippen LogP contribution in [0.15, 0.2) is 36.7 Å². The summed E-state index contributed by atoms with van der Waals surface area (Å²) in [6.45, 7) is 5.86. The van der Waals surface area contributed by atoms with Gasteiger partial charge in [-0.2, -0.15) is 0 Å². The number of carbonyl (C=O) groups excluding carboxylic acids is 2. The quantitative estimate of drug-likeness (QED) is 0.727. The Morgan fingerprint density at radius 2 is 1.83 bits per heavy atom. The molecule has 7 nitrogen and oxygen atoms in total. The minimum Gasteiger partial charge on any atom is -0.508 e. The van der Waals surface area contributed by atoms with Gasteiger partial charge in [0.1, 0.15) is 11.4 Å². The van der Waals surface area contributed by atoms with Crippen molar-refractivity contribution < 1.29 is 19.4 Å². The fourth-order valence-corrected chi connectivity index (χ4v) is 3.52. The van der Waals surface area contributed by atoms with Gasteiger partial charge in [0.25, 0.3) is 0 Å². The molecule has 2 N–H and O–H groups in total. The van der Waals surface area contributed by atoms with Gasteiger partial charge >= 0.3 is 6.09 Å². The molecule has 30 heavy (non-hydrogen) atoms. The summed E-state index contributed by atoms with van der Waals surface area (Å²) in [6.07, 6.45) is 2.71. The Kier molecular flexibility index (Phi) is 6.43. The Morgan fingerprint density at radius 3 is 2.43 bits per heavy atom. The molecule has 0 aliphatic carbocycles. The maximum Gasteiger partial charge on any atom is 0.410 e. The summed E-state index contributed by atoms with van der Waals surface area (Å²) in [6, 6.07) is 5.61. The van der Waals surface area contributed by atoms with Crippen LogP contribution in [0.25, 0.3) is 0 Å². The van der Waals surface area contributed by atoms with Crippen molar-refractivity contribution in [1.82, 2.24) is 15.2 Å². The van der Waals surface area contributed by atoms with Crippen molar-refractivity contribution in [3.8, 4) is 5.75 Å². The highest BCUT2D eigenvalue weighted by Crippen LogP contribution is 2.39. The second-order valence-electron chi connectivity index (χ2n) is 8.10. The Morgan fingerprint density at radius 1 is 1.20 bits per heavy atom. The molecule has 1 atom stereocenters. The van der Waals surface area contributed by atoms with Gasteiger partial charge in [0.15, 0.2) is 0 Å². The van der Waals surface area contributed by atoms with Crippen molar-refractivity contribution in [3.63, 3.8) is 0 Å². The largest absolute Gasteiger partial charge is 0.508 e. The summed E-state index contributed by atoms with van der Waals surface area (Å²) in [7, 11) is 0. The lowest BCUT2D eigenvalue weighted by Gasteiger charge is -2.39. The van der Waals surface area contributed by atoms with Crippen LogP contribution in [0, 0.1) is 5.92 Å². The minimum atomic E-state index is -0.734. The zero-order chi connectivity index (χ0) is 22.1. The number of carbonyl (C=O) groups is 2. The summed E-state index contributed by atoms with van der Waals surface area (Å²) < 4.78 is 5.32. The third-order valence-corrected chi connectivity index (χ3v) is 5.45. The molecular formula is C21H23Cl2N3O4. The molecule has 160 valence electrons. The molecule has 1 aromatic heterocycles. The number of aromatic hydroxyl groups is 1. The molecule has 1 aliphatic heterocycles. The van der Waals surface area contributed by atoms with Gasteiger partial charge in [0, 0.05) is 31.0 Å². The number of pyridine rings is 1. The van der Waals surface area contributed by atoms with Crippen molar-refractivity contribution in [1.29, 1.82) is 0 Å². The third-order valence-electron chi connectivity index (χ3n) is 4.63. The lowest BCUT2D eigenvalue weighted by Crippen LogP contribution is -2.57. The average molecular weight is 452 g/mol. The van der Waals surface area contributed by atoms with Crippen LogP contribution in [0.1, 0.15) is 37.9 Å². The Bertz CT molecular complexity index is 941. The van der Waals surface area contributed by atoms with E-state index in [-0.39, 0.29) is 34.8 Å². The fraction of sp³-hybridized carbons (Fsp3) is 0.381. The number of phenols is 1. The van der Waals surface area contributed by atoms with E-state index in [1.807, 2.05) is 0 Å². The van der Waals surface area contributed by atoms with Gasteiger partial charge in [-0.1, -0.05) is 23.2 Å². The number of benzene rings is 1. The summed E-state index contributed by atoms with van der Waals surface area (Å²) in [4.78, 5) is 30.4. The highest BCUT2D eigenvalue weighted by atomic mass is 35.5. The van der Waals surface area contributed by atoms with Crippen LogP contribution in [0.5, 0.6) is 5.75 Å². The number of aromatic nitrogens is 1. The van der Waals surface area contributed by atoms with E-state index in [2.05, 4.69) is 10.3 Å². The van der Waals surface area contributed by atoms with Crippen LogP contribution in [0.4, 0.5) is 4.79 Å². The number of phenolic OH excluding ortho intramolecular Hbond substituents is 1. The molecule has 0 bridgehead atoms. The SMILES string of the molecule is CC(C)(C)OC(=O)N1CC(C(=O)NC(c2ccncc2)c2c(O)ccc(Cl)c2Cl)C1. The first-order valence-corrected chi connectivity index (χ1v) is 10.2. The topological polar surface area (TPSA) is 91.8 Å². The van der Waals surface area contributed by atoms with Crippen molar-refractivity contribution in [2.45, 2.75) is 32.4 Å². The van der Waals surface area contributed by atoms with Gasteiger partial charge in [-0.25, -0.2) is 4.79 Å². The molecule has 1 saturated heterocycles. The molecule has 1 unspecified atom stereocenters. The summed E-state index contributed by atoms with van der Waals surface area (Å²) in [5.74, 6) is -0.760. The number of ether oxygens (including phenoxy) is 1. The van der Waals surface area contributed by atoms with Gasteiger partial charge in [-0.3, -0.25) is 9.78 Å². The number of amides is 2. The number of hydrogen-bond acceptors (Lipinski definition) is 5. The zero-order valence-electron chi connectivity index (χ0n) is 16.9. The van der Waals surface area contributed by atoms with Crippen LogP contribution < -0.4 is 5.32 Å². The first-order chi connectivity index (χ1) is 14.1. The number of rotatable bonds is 4. The van der Waals surface area contributed by atoms with Gasteiger partial charge in [-0.05, 0) is 50.6 Å². The van der Waals surface area contributed by atoms with Gasteiger partial charge in [0.05, 0.1) is 22.0 Å². The van der Waals surface area contributed by atoms with E-state index in [1.54, 1.807) is 45.3 Å². The molecule has 2 aromatic rings. The Labute approximate surface area is 184 Å². The monoisotopic (exact) mass is 451 g/mol. The molecule has 1 aliphatic rings. The van der Waals surface area contributed by atoms with Crippen LogP contribution in [0.3, 0.4) is 0 Å². The fourth-order valence-electron chi connectivity index (χ4n) is 3.09. The van der Waals surface area contributed by atoms with Gasteiger partial charge < -0.3 is 20.1 Å². The lowest BCUT2D eigenvalue weighted by molar-refractivity contribution is -0.130. The van der Waals surface area contributed by atoms with E-state index >= 15 is 0 Å². The minimum absolute atomic E-state index is 0.0875. The molecule has 3 rings (SSSR count). The molecule has 0 saturated carbocycles. The number of hydrogen-bond donors (Lipinski definition) is 2. The summed E-state index contributed by atoms with van der Waals surface area (Å²) >= 11 is 12.5. The van der Waals surface area contributed by atoms with Crippen molar-refractivity contribution in [2.24, 2.45) is 5.92 Å². The molecule has 0 spiro atoms. The maximum atomic E-state index is 12.9. The molecule has 1 aromatic carbocycles. The van der Waals surface area contributed by atoms with E-state index in [1.165, 1.54) is 17.0 Å². The Hall–Kier alpha value is -2.51. The smallest absolute Gasteiger partial charge is 0.410 e. The van der Waals surface area contributed by atoms with E-state index in [9.17, 15) is 14.7 Å². The summed E-state index contributed by atoms with van der Waals surface area (Å²) in [5, 5.41) is 13.8. The predicted molar refractivity (Wildman–Crippen MR) is 114 cm³/mol. The molecule has 1 fully saturated rings. The van der Waals surface area contributed by atoms with Crippen molar-refractivity contribution in [3.05, 3.63) is 57.8 Å². The van der Waals surface area contributed by atoms with E-state index in [4.69, 9.17) is 27.9 Å². The number of nitrogens with one attached hydrogen (secondary N) is 1.